The average Bonchev–Trinajstić information content (AvgIpc) is 1.85. The Morgan fingerprint density at radius 2 is 2.00 bits per heavy atom. The molecule has 0 saturated heterocycles. The molecule has 1 atom stereocenters. The summed E-state index contributed by atoms with van der Waals surface area (Å²) < 4.78 is 15.4. The summed E-state index contributed by atoms with van der Waals surface area (Å²) in [4.78, 5) is 0. The molecule has 0 aromatic carbocycles. The van der Waals surface area contributed by atoms with Crippen molar-refractivity contribution in [3.63, 3.8) is 0 Å². The molecule has 0 aliphatic heterocycles. The number of hydrogen-bond acceptors (Lipinski definition) is 2. The summed E-state index contributed by atoms with van der Waals surface area (Å²) in [5.41, 5.74) is 0. The predicted octanol–water partition coefficient (Wildman–Crippen LogP) is 1.20. The molecule has 54 valence electrons. The van der Waals surface area contributed by atoms with E-state index in [9.17, 15) is 4.57 Å². The quantitative estimate of drug-likeness (QED) is 0.352. The fourth-order valence-corrected chi connectivity index (χ4v) is 0.986. The molecule has 0 N–H and O–H groups in total. The Bertz CT molecular complexity index is 125. The topological polar surface area (TPSA) is 26.3 Å². The monoisotopic (exact) mass is 170 g/mol. The molecule has 0 amide bonds. The number of rotatable bonds is 5. The number of allylic oxidation sites excluding steroid dienone is 1. The predicted molar refractivity (Wildman–Crippen MR) is 47.4 cm³/mol. The van der Waals surface area contributed by atoms with Crippen molar-refractivity contribution in [3.05, 3.63) is 25.3 Å². The van der Waals surface area contributed by atoms with Crippen molar-refractivity contribution in [2.45, 2.75) is 0 Å². The van der Waals surface area contributed by atoms with Crippen LogP contribution in [0.3, 0.4) is 0 Å². The molecule has 0 saturated carbocycles. The van der Waals surface area contributed by atoms with Gasteiger partial charge in [0.2, 0.25) is 0 Å². The van der Waals surface area contributed by atoms with Gasteiger partial charge >= 0.3 is 29.6 Å². The molecule has 0 radical (unpaired) electrons. The van der Waals surface area contributed by atoms with Crippen molar-refractivity contribution in [3.8, 4) is 0 Å². The summed E-state index contributed by atoms with van der Waals surface area (Å²) >= 11 is 0. The zero-order valence-electron chi connectivity index (χ0n) is 5.30. The first-order valence-electron chi connectivity index (χ1n) is 2.68. The first-order chi connectivity index (χ1) is 4.31. The van der Waals surface area contributed by atoms with E-state index in [1.54, 1.807) is 12.2 Å². The molecule has 10 heavy (non-hydrogen) atoms. The van der Waals surface area contributed by atoms with Gasteiger partial charge in [-0.05, 0) is 0 Å². The Hall–Kier alpha value is 0.670. The third kappa shape index (κ3) is 8.67. The molecule has 0 aromatic heterocycles. The molecule has 0 spiro atoms. The van der Waals surface area contributed by atoms with Gasteiger partial charge in [0.25, 0.3) is 0 Å². The van der Waals surface area contributed by atoms with Crippen molar-refractivity contribution in [2.75, 3.05) is 12.8 Å². The second-order valence-corrected chi connectivity index (χ2v) is 2.91. The van der Waals surface area contributed by atoms with Gasteiger partial charge in [-0.2, -0.15) is 0 Å². The van der Waals surface area contributed by atoms with Gasteiger partial charge in [-0.1, -0.05) is 12.2 Å². The van der Waals surface area contributed by atoms with Crippen molar-refractivity contribution in [1.82, 2.24) is 0 Å². The Kier molecular flexibility index (Phi) is 12.8. The van der Waals surface area contributed by atoms with Crippen LogP contribution in [0.15, 0.2) is 25.3 Å². The zero-order chi connectivity index (χ0) is 7.11. The van der Waals surface area contributed by atoms with Gasteiger partial charge in [-0.25, -0.2) is 0 Å². The SMILES string of the molecule is C=CCO[PH](=O)CC=C.[NaH]. The van der Waals surface area contributed by atoms with Crippen molar-refractivity contribution < 1.29 is 9.09 Å². The number of hydrogen-bond donors (Lipinski definition) is 0. The van der Waals surface area contributed by atoms with Crippen LogP contribution in [0.1, 0.15) is 0 Å². The van der Waals surface area contributed by atoms with E-state index >= 15 is 0 Å². The van der Waals surface area contributed by atoms with Crippen LogP contribution in [-0.2, 0) is 9.09 Å². The van der Waals surface area contributed by atoms with Crippen LogP contribution < -0.4 is 0 Å². The Morgan fingerprint density at radius 1 is 1.40 bits per heavy atom. The van der Waals surface area contributed by atoms with Crippen molar-refractivity contribution in [1.29, 1.82) is 0 Å². The van der Waals surface area contributed by atoms with Crippen LogP contribution in [-0.4, -0.2) is 42.3 Å². The third-order valence-electron chi connectivity index (χ3n) is 0.673. The molecule has 0 bridgehead atoms. The van der Waals surface area contributed by atoms with Crippen LogP contribution in [0.2, 0.25) is 0 Å². The minimum absolute atomic E-state index is 0. The second kappa shape index (κ2) is 9.67. The normalized spacial score (nSPS) is 11.2. The van der Waals surface area contributed by atoms with Crippen molar-refractivity contribution in [2.24, 2.45) is 0 Å². The summed E-state index contributed by atoms with van der Waals surface area (Å²) in [5.74, 6) is 0. The molecule has 0 aliphatic rings. The molecule has 0 rings (SSSR count). The minimum atomic E-state index is -1.84. The molecule has 4 heteroatoms. The van der Waals surface area contributed by atoms with E-state index in [1.165, 1.54) is 0 Å². The van der Waals surface area contributed by atoms with E-state index in [4.69, 9.17) is 4.52 Å². The summed E-state index contributed by atoms with van der Waals surface area (Å²) in [6.45, 7) is 7.21. The van der Waals surface area contributed by atoms with Crippen LogP contribution in [0.4, 0.5) is 0 Å². The van der Waals surface area contributed by atoms with Gasteiger partial charge in [0.05, 0.1) is 6.61 Å². The van der Waals surface area contributed by atoms with E-state index < -0.39 is 8.03 Å². The second-order valence-electron chi connectivity index (χ2n) is 1.46. The van der Waals surface area contributed by atoms with Crippen molar-refractivity contribution >= 4 is 37.6 Å². The third-order valence-corrected chi connectivity index (χ3v) is 1.78. The van der Waals surface area contributed by atoms with E-state index in [0.717, 1.165) is 0 Å². The molecule has 1 unspecified atom stereocenters. The Morgan fingerprint density at radius 3 is 2.40 bits per heavy atom. The molecule has 0 heterocycles. The van der Waals surface area contributed by atoms with Gasteiger partial charge in [-0.3, -0.25) is 4.57 Å². The molecule has 0 fully saturated rings. The van der Waals surface area contributed by atoms with Crippen LogP contribution in [0.25, 0.3) is 0 Å². The molecular formula is C6H12NaO2P. The maximum atomic E-state index is 10.6. The van der Waals surface area contributed by atoms with Gasteiger partial charge in [0.15, 0.2) is 8.03 Å². The van der Waals surface area contributed by atoms with Crippen LogP contribution >= 0.6 is 8.03 Å². The molecule has 0 aromatic rings. The van der Waals surface area contributed by atoms with Gasteiger partial charge in [0.1, 0.15) is 0 Å². The van der Waals surface area contributed by atoms with Gasteiger partial charge in [-0.15, -0.1) is 13.2 Å². The summed E-state index contributed by atoms with van der Waals surface area (Å²) in [5, 5.41) is 0. The fourth-order valence-electron chi connectivity index (χ4n) is 0.329. The summed E-state index contributed by atoms with van der Waals surface area (Å²) in [7, 11) is -1.84. The molecule has 0 aliphatic carbocycles. The first kappa shape index (κ1) is 13.3. The van der Waals surface area contributed by atoms with Crippen LogP contribution in [0.5, 0.6) is 0 Å². The maximum absolute atomic E-state index is 10.6. The fraction of sp³-hybridized carbons (Fsp3) is 0.333. The van der Waals surface area contributed by atoms with E-state index in [1.807, 2.05) is 0 Å². The van der Waals surface area contributed by atoms with Crippen LogP contribution in [0, 0.1) is 0 Å². The van der Waals surface area contributed by atoms with E-state index in [0.29, 0.717) is 12.8 Å². The summed E-state index contributed by atoms with van der Waals surface area (Å²) in [6.07, 6.45) is 3.62. The van der Waals surface area contributed by atoms with Gasteiger partial charge < -0.3 is 4.52 Å². The van der Waals surface area contributed by atoms with E-state index in [-0.39, 0.29) is 29.6 Å². The molecule has 2 nitrogen and oxygen atoms in total. The Labute approximate surface area is 84.5 Å². The Balaban J connectivity index is 0. The van der Waals surface area contributed by atoms with Gasteiger partial charge in [0, 0.05) is 6.16 Å². The average molecular weight is 170 g/mol. The first-order valence-corrected chi connectivity index (χ1v) is 4.21. The summed E-state index contributed by atoms with van der Waals surface area (Å²) in [6, 6.07) is 0. The zero-order valence-corrected chi connectivity index (χ0v) is 6.30. The van der Waals surface area contributed by atoms with E-state index in [2.05, 4.69) is 13.2 Å². The standard InChI is InChI=1S/C6H11O2P.Na.H/c1-3-5-8-9(7)6-4-2;;/h3-4,9H,1-2,5-6H2;;. The molecular weight excluding hydrogens is 158 g/mol.